The summed E-state index contributed by atoms with van der Waals surface area (Å²) in [5.41, 5.74) is 1.76. The molecule has 3 rings (SSSR count). The Balaban J connectivity index is 1.49. The number of carbonyl (C=O) groups is 1. The van der Waals surface area contributed by atoms with E-state index in [1.807, 2.05) is 37.3 Å². The van der Waals surface area contributed by atoms with E-state index in [9.17, 15) is 13.6 Å². The molecule has 0 unspecified atom stereocenters. The third-order valence-electron chi connectivity index (χ3n) is 4.31. The number of hydrogen-bond donors (Lipinski definition) is 3. The monoisotopic (exact) mass is 427 g/mol. The van der Waals surface area contributed by atoms with Gasteiger partial charge in [-0.3, -0.25) is 4.79 Å². The maximum atomic E-state index is 13.6. The first-order valence-electron chi connectivity index (χ1n) is 9.64. The largest absolute Gasteiger partial charge is 0.497 e. The highest BCUT2D eigenvalue weighted by atomic mass is 19.1. The Labute approximate surface area is 178 Å². The zero-order valence-corrected chi connectivity index (χ0v) is 17.2. The number of methoxy groups -OCH3 is 1. The molecule has 3 N–H and O–H groups in total. The van der Waals surface area contributed by atoms with Gasteiger partial charge < -0.3 is 20.7 Å². The van der Waals surface area contributed by atoms with Crippen molar-refractivity contribution < 1.29 is 18.3 Å². The summed E-state index contributed by atoms with van der Waals surface area (Å²) in [4.78, 5) is 20.7. The molecule has 162 valence electrons. The van der Waals surface area contributed by atoms with Gasteiger partial charge in [-0.05, 0) is 42.8 Å². The van der Waals surface area contributed by atoms with Crippen molar-refractivity contribution in [2.75, 3.05) is 30.8 Å². The molecule has 2 aromatic carbocycles. The van der Waals surface area contributed by atoms with Gasteiger partial charge in [0.2, 0.25) is 11.9 Å². The standard InChI is InChI=1S/C22H23F2N5O2/c1-14-11-20(28-17-5-7-18(31-2)8-6-17)29-22(27-14)26-10-9-25-21(30)12-15-3-4-16(23)13-19(15)24/h3-8,11,13H,9-10,12H2,1-2H3,(H,25,30)(H2,26,27,28,29). The number of benzene rings is 2. The Hall–Kier alpha value is -3.75. The summed E-state index contributed by atoms with van der Waals surface area (Å²) in [5.74, 6) is 0.0179. The van der Waals surface area contributed by atoms with Gasteiger partial charge in [0.05, 0.1) is 13.5 Å². The third-order valence-corrected chi connectivity index (χ3v) is 4.31. The average molecular weight is 427 g/mol. The molecule has 0 fully saturated rings. The molecule has 1 aromatic heterocycles. The van der Waals surface area contributed by atoms with Crippen LogP contribution < -0.4 is 20.7 Å². The van der Waals surface area contributed by atoms with Gasteiger partial charge >= 0.3 is 0 Å². The first-order valence-corrected chi connectivity index (χ1v) is 9.64. The van der Waals surface area contributed by atoms with Crippen LogP contribution in [0.25, 0.3) is 0 Å². The van der Waals surface area contributed by atoms with Gasteiger partial charge in [-0.2, -0.15) is 4.98 Å². The number of halogens is 2. The summed E-state index contributed by atoms with van der Waals surface area (Å²) >= 11 is 0. The number of aryl methyl sites for hydroxylation is 1. The van der Waals surface area contributed by atoms with Crippen LogP contribution in [0.1, 0.15) is 11.3 Å². The Morgan fingerprint density at radius 2 is 1.81 bits per heavy atom. The van der Waals surface area contributed by atoms with Crippen molar-refractivity contribution in [2.45, 2.75) is 13.3 Å². The molecule has 0 aliphatic rings. The van der Waals surface area contributed by atoms with E-state index in [0.29, 0.717) is 24.9 Å². The highest BCUT2D eigenvalue weighted by Gasteiger charge is 2.09. The Morgan fingerprint density at radius 3 is 2.52 bits per heavy atom. The quantitative estimate of drug-likeness (QED) is 0.453. The molecule has 31 heavy (non-hydrogen) atoms. The molecule has 3 aromatic rings. The SMILES string of the molecule is COc1ccc(Nc2cc(C)nc(NCCNC(=O)Cc3ccc(F)cc3F)n2)cc1. The maximum absolute atomic E-state index is 13.6. The molecule has 0 saturated carbocycles. The number of rotatable bonds is 9. The molecule has 0 bridgehead atoms. The lowest BCUT2D eigenvalue weighted by atomic mass is 10.1. The van der Waals surface area contributed by atoms with E-state index in [1.165, 1.54) is 6.07 Å². The van der Waals surface area contributed by atoms with Crippen LogP contribution in [0.5, 0.6) is 5.75 Å². The van der Waals surface area contributed by atoms with Gasteiger partial charge in [0.1, 0.15) is 23.2 Å². The summed E-state index contributed by atoms with van der Waals surface area (Å²) in [6, 6.07) is 12.4. The van der Waals surface area contributed by atoms with Crippen molar-refractivity contribution in [3.8, 4) is 5.75 Å². The van der Waals surface area contributed by atoms with Crippen molar-refractivity contribution in [3.05, 3.63) is 71.4 Å². The van der Waals surface area contributed by atoms with E-state index < -0.39 is 11.6 Å². The maximum Gasteiger partial charge on any atom is 0.224 e. The first kappa shape index (κ1) is 21.9. The second-order valence-electron chi connectivity index (χ2n) is 6.76. The van der Waals surface area contributed by atoms with Crippen molar-refractivity contribution in [1.82, 2.24) is 15.3 Å². The summed E-state index contributed by atoms with van der Waals surface area (Å²) in [5, 5.41) is 8.93. The zero-order valence-electron chi connectivity index (χ0n) is 17.2. The van der Waals surface area contributed by atoms with Crippen LogP contribution >= 0.6 is 0 Å². The predicted octanol–water partition coefficient (Wildman–Crippen LogP) is 3.59. The number of amides is 1. The number of carbonyl (C=O) groups excluding carboxylic acids is 1. The predicted molar refractivity (Wildman–Crippen MR) is 115 cm³/mol. The van der Waals surface area contributed by atoms with Gasteiger partial charge in [0.25, 0.3) is 0 Å². The molecule has 7 nitrogen and oxygen atoms in total. The molecule has 0 spiro atoms. The summed E-state index contributed by atoms with van der Waals surface area (Å²) in [7, 11) is 1.61. The van der Waals surface area contributed by atoms with E-state index in [1.54, 1.807) is 7.11 Å². The number of nitrogens with zero attached hydrogens (tertiary/aromatic N) is 2. The van der Waals surface area contributed by atoms with E-state index >= 15 is 0 Å². The third kappa shape index (κ3) is 6.63. The molecule has 0 radical (unpaired) electrons. The lowest BCUT2D eigenvalue weighted by Crippen LogP contribution is -2.30. The second kappa shape index (κ2) is 10.3. The highest BCUT2D eigenvalue weighted by Crippen LogP contribution is 2.20. The van der Waals surface area contributed by atoms with Crippen molar-refractivity contribution >= 4 is 23.4 Å². The van der Waals surface area contributed by atoms with Crippen LogP contribution in [0.2, 0.25) is 0 Å². The first-order chi connectivity index (χ1) is 14.9. The van der Waals surface area contributed by atoms with Crippen LogP contribution in [0, 0.1) is 18.6 Å². The summed E-state index contributed by atoms with van der Waals surface area (Å²) in [6.45, 7) is 2.52. The van der Waals surface area contributed by atoms with E-state index in [4.69, 9.17) is 4.74 Å². The topological polar surface area (TPSA) is 88.2 Å². The second-order valence-corrected chi connectivity index (χ2v) is 6.76. The van der Waals surface area contributed by atoms with E-state index in [-0.39, 0.29) is 17.9 Å². The minimum atomic E-state index is -0.738. The van der Waals surface area contributed by atoms with Crippen molar-refractivity contribution in [3.63, 3.8) is 0 Å². The lowest BCUT2D eigenvalue weighted by Gasteiger charge is -2.11. The zero-order chi connectivity index (χ0) is 22.2. The van der Waals surface area contributed by atoms with Crippen molar-refractivity contribution in [1.29, 1.82) is 0 Å². The normalized spacial score (nSPS) is 10.5. The molecule has 0 aliphatic heterocycles. The minimum absolute atomic E-state index is 0.142. The van der Waals surface area contributed by atoms with Crippen LogP contribution in [-0.4, -0.2) is 36.1 Å². The molecule has 0 saturated heterocycles. The Bertz CT molecular complexity index is 1040. The fourth-order valence-corrected chi connectivity index (χ4v) is 2.81. The van der Waals surface area contributed by atoms with Crippen LogP contribution in [0.4, 0.5) is 26.2 Å². The summed E-state index contributed by atoms with van der Waals surface area (Å²) < 4.78 is 31.7. The van der Waals surface area contributed by atoms with Crippen LogP contribution in [0.15, 0.2) is 48.5 Å². The van der Waals surface area contributed by atoms with Crippen LogP contribution in [0.3, 0.4) is 0 Å². The Kier molecular flexibility index (Phi) is 7.31. The molecule has 9 heteroatoms. The molecule has 1 heterocycles. The highest BCUT2D eigenvalue weighted by molar-refractivity contribution is 5.78. The fourth-order valence-electron chi connectivity index (χ4n) is 2.81. The minimum Gasteiger partial charge on any atom is -0.497 e. The number of anilines is 3. The van der Waals surface area contributed by atoms with Crippen molar-refractivity contribution in [2.24, 2.45) is 0 Å². The molecular formula is C22H23F2N5O2. The number of ether oxygens (including phenoxy) is 1. The van der Waals surface area contributed by atoms with Gasteiger partial charge in [-0.25, -0.2) is 13.8 Å². The average Bonchev–Trinajstić information content (AvgIpc) is 2.73. The molecule has 1 amide bonds. The van der Waals surface area contributed by atoms with E-state index in [0.717, 1.165) is 29.3 Å². The molecule has 0 aliphatic carbocycles. The fraction of sp³-hybridized carbons (Fsp3) is 0.227. The van der Waals surface area contributed by atoms with Gasteiger partial charge in [-0.1, -0.05) is 6.07 Å². The lowest BCUT2D eigenvalue weighted by molar-refractivity contribution is -0.120. The number of hydrogen-bond acceptors (Lipinski definition) is 6. The van der Waals surface area contributed by atoms with Gasteiger partial charge in [0.15, 0.2) is 0 Å². The summed E-state index contributed by atoms with van der Waals surface area (Å²) in [6.07, 6.45) is -0.164. The molecular weight excluding hydrogens is 404 g/mol. The van der Waals surface area contributed by atoms with Gasteiger partial charge in [-0.15, -0.1) is 0 Å². The number of nitrogens with one attached hydrogen (secondary N) is 3. The number of aromatic nitrogens is 2. The smallest absolute Gasteiger partial charge is 0.224 e. The Morgan fingerprint density at radius 1 is 1.03 bits per heavy atom. The van der Waals surface area contributed by atoms with Crippen LogP contribution in [-0.2, 0) is 11.2 Å². The molecule has 0 atom stereocenters. The van der Waals surface area contributed by atoms with Gasteiger partial charge in [0, 0.05) is 36.6 Å². The van der Waals surface area contributed by atoms with E-state index in [2.05, 4.69) is 25.9 Å².